The van der Waals surface area contributed by atoms with Crippen molar-refractivity contribution in [2.75, 3.05) is 7.11 Å². The van der Waals surface area contributed by atoms with E-state index in [2.05, 4.69) is 10.1 Å². The Bertz CT molecular complexity index is 363. The van der Waals surface area contributed by atoms with Crippen molar-refractivity contribution in [1.82, 2.24) is 5.32 Å². The second-order valence-corrected chi connectivity index (χ2v) is 6.41. The zero-order valence-electron chi connectivity index (χ0n) is 12.7. The van der Waals surface area contributed by atoms with Crippen LogP contribution < -0.4 is 5.32 Å². The lowest BCUT2D eigenvalue weighted by Gasteiger charge is -2.39. The van der Waals surface area contributed by atoms with Gasteiger partial charge >= 0.3 is 12.1 Å². The van der Waals surface area contributed by atoms with Crippen LogP contribution in [0.4, 0.5) is 4.79 Å². The first-order chi connectivity index (χ1) is 9.16. The number of ether oxygens (including phenoxy) is 2. The number of hydrogen-bond donors (Lipinski definition) is 2. The van der Waals surface area contributed by atoms with E-state index in [1.54, 1.807) is 20.8 Å². The number of hydrogen-bond acceptors (Lipinski definition) is 5. The molecule has 0 bridgehead atoms. The molecule has 1 aliphatic carbocycles. The van der Waals surface area contributed by atoms with Crippen LogP contribution in [0.15, 0.2) is 0 Å². The van der Waals surface area contributed by atoms with E-state index >= 15 is 0 Å². The van der Waals surface area contributed by atoms with Gasteiger partial charge in [-0.2, -0.15) is 0 Å². The Morgan fingerprint density at radius 1 is 1.40 bits per heavy atom. The number of rotatable bonds is 3. The maximum Gasteiger partial charge on any atom is 0.408 e. The van der Waals surface area contributed by atoms with Crippen LogP contribution in [0.5, 0.6) is 0 Å². The molecule has 6 heteroatoms. The van der Waals surface area contributed by atoms with Crippen molar-refractivity contribution >= 4 is 12.1 Å². The highest BCUT2D eigenvalue weighted by molar-refractivity contribution is 5.74. The summed E-state index contributed by atoms with van der Waals surface area (Å²) in [6.45, 7) is 5.32. The summed E-state index contributed by atoms with van der Waals surface area (Å²) in [5.74, 6) is -0.407. The minimum absolute atomic E-state index is 0.0415. The van der Waals surface area contributed by atoms with Gasteiger partial charge in [-0.3, -0.25) is 4.79 Å². The van der Waals surface area contributed by atoms with Gasteiger partial charge in [0.2, 0.25) is 0 Å². The summed E-state index contributed by atoms with van der Waals surface area (Å²) in [5.41, 5.74) is -1.39. The van der Waals surface area contributed by atoms with Gasteiger partial charge in [0.25, 0.3) is 0 Å². The number of alkyl carbamates (subject to hydrolysis) is 1. The van der Waals surface area contributed by atoms with Crippen molar-refractivity contribution in [2.24, 2.45) is 0 Å². The lowest BCUT2D eigenvalue weighted by Crippen LogP contribution is -2.54. The highest BCUT2D eigenvalue weighted by Crippen LogP contribution is 2.32. The number of amides is 1. The first-order valence-corrected chi connectivity index (χ1v) is 6.92. The molecule has 0 aromatic carbocycles. The Morgan fingerprint density at radius 2 is 2.05 bits per heavy atom. The maximum absolute atomic E-state index is 11.9. The molecule has 1 aliphatic rings. The Morgan fingerprint density at radius 3 is 2.55 bits per heavy atom. The fourth-order valence-electron chi connectivity index (χ4n) is 2.52. The molecule has 1 saturated carbocycles. The van der Waals surface area contributed by atoms with E-state index in [9.17, 15) is 14.7 Å². The summed E-state index contributed by atoms with van der Waals surface area (Å²) in [5, 5.41) is 12.6. The zero-order valence-corrected chi connectivity index (χ0v) is 12.7. The Kier molecular flexibility index (Phi) is 5.39. The molecular formula is C14H25NO5. The van der Waals surface area contributed by atoms with Gasteiger partial charge in [-0.1, -0.05) is 0 Å². The Labute approximate surface area is 119 Å². The predicted molar refractivity (Wildman–Crippen MR) is 73.2 cm³/mol. The molecule has 2 N–H and O–H groups in total. The molecule has 116 valence electrons. The van der Waals surface area contributed by atoms with Crippen molar-refractivity contribution in [1.29, 1.82) is 0 Å². The van der Waals surface area contributed by atoms with E-state index < -0.39 is 29.3 Å². The number of carbonyl (C=O) groups excluding carboxylic acids is 2. The van der Waals surface area contributed by atoms with Crippen LogP contribution in [0.3, 0.4) is 0 Å². The Balaban J connectivity index is 2.77. The number of esters is 1. The standard InChI is InChI=1S/C14H25NO5/c1-13(2,3)20-12(18)15-14(9-11(17)19-4)7-5-6-10(16)8-14/h10,16H,5-9H2,1-4H3,(H,15,18)/t10-,14?/m0/s1. The molecular weight excluding hydrogens is 262 g/mol. The second-order valence-electron chi connectivity index (χ2n) is 6.41. The summed E-state index contributed by atoms with van der Waals surface area (Å²) >= 11 is 0. The summed E-state index contributed by atoms with van der Waals surface area (Å²) in [6, 6.07) is 0. The van der Waals surface area contributed by atoms with Crippen LogP contribution in [0.25, 0.3) is 0 Å². The number of nitrogens with one attached hydrogen (secondary N) is 1. The van der Waals surface area contributed by atoms with E-state index in [-0.39, 0.29) is 6.42 Å². The molecule has 1 unspecified atom stereocenters. The lowest BCUT2D eigenvalue weighted by molar-refractivity contribution is -0.143. The molecule has 0 aromatic rings. The SMILES string of the molecule is COC(=O)CC1(NC(=O)OC(C)(C)C)CCC[C@H](O)C1. The van der Waals surface area contributed by atoms with Crippen LogP contribution in [0.1, 0.15) is 52.9 Å². The first-order valence-electron chi connectivity index (χ1n) is 6.92. The van der Waals surface area contributed by atoms with Gasteiger partial charge in [0, 0.05) is 0 Å². The fraction of sp³-hybridized carbons (Fsp3) is 0.857. The number of methoxy groups -OCH3 is 1. The van der Waals surface area contributed by atoms with Crippen LogP contribution in [-0.4, -0.2) is 41.5 Å². The van der Waals surface area contributed by atoms with Gasteiger partial charge in [-0.05, 0) is 46.5 Å². The molecule has 0 aliphatic heterocycles. The average Bonchev–Trinajstić information content (AvgIpc) is 2.25. The topological polar surface area (TPSA) is 84.9 Å². The van der Waals surface area contributed by atoms with Crippen LogP contribution >= 0.6 is 0 Å². The number of carbonyl (C=O) groups is 2. The Hall–Kier alpha value is -1.30. The highest BCUT2D eigenvalue weighted by atomic mass is 16.6. The van der Waals surface area contributed by atoms with E-state index in [1.807, 2.05) is 0 Å². The molecule has 0 saturated heterocycles. The summed E-state index contributed by atoms with van der Waals surface area (Å²) in [4.78, 5) is 23.5. The monoisotopic (exact) mass is 287 g/mol. The minimum atomic E-state index is -0.785. The lowest BCUT2D eigenvalue weighted by atomic mass is 9.78. The van der Waals surface area contributed by atoms with E-state index in [0.717, 1.165) is 6.42 Å². The third-order valence-corrected chi connectivity index (χ3v) is 3.30. The molecule has 0 aromatic heterocycles. The van der Waals surface area contributed by atoms with E-state index in [4.69, 9.17) is 4.74 Å². The molecule has 20 heavy (non-hydrogen) atoms. The second kappa shape index (κ2) is 6.43. The van der Waals surface area contributed by atoms with E-state index in [1.165, 1.54) is 7.11 Å². The highest BCUT2D eigenvalue weighted by Gasteiger charge is 2.40. The molecule has 1 amide bonds. The molecule has 2 atom stereocenters. The number of aliphatic hydroxyl groups excluding tert-OH is 1. The molecule has 0 heterocycles. The van der Waals surface area contributed by atoms with Crippen LogP contribution in [0, 0.1) is 0 Å². The van der Waals surface area contributed by atoms with Crippen molar-refractivity contribution in [3.8, 4) is 0 Å². The van der Waals surface area contributed by atoms with Crippen molar-refractivity contribution < 1.29 is 24.2 Å². The molecule has 0 spiro atoms. The van der Waals surface area contributed by atoms with Crippen LogP contribution in [-0.2, 0) is 14.3 Å². The largest absolute Gasteiger partial charge is 0.469 e. The average molecular weight is 287 g/mol. The summed E-state index contributed by atoms with van der Waals surface area (Å²) in [6.07, 6.45) is 1.32. The van der Waals surface area contributed by atoms with Gasteiger partial charge in [-0.25, -0.2) is 4.79 Å². The smallest absolute Gasteiger partial charge is 0.408 e. The van der Waals surface area contributed by atoms with Gasteiger partial charge in [-0.15, -0.1) is 0 Å². The maximum atomic E-state index is 11.9. The van der Waals surface area contributed by atoms with Gasteiger partial charge in [0.05, 0.1) is 25.2 Å². The molecule has 1 fully saturated rings. The minimum Gasteiger partial charge on any atom is -0.469 e. The molecule has 6 nitrogen and oxygen atoms in total. The molecule has 0 radical (unpaired) electrons. The van der Waals surface area contributed by atoms with E-state index in [0.29, 0.717) is 19.3 Å². The van der Waals surface area contributed by atoms with Gasteiger partial charge < -0.3 is 19.9 Å². The molecule has 1 rings (SSSR count). The summed E-state index contributed by atoms with van der Waals surface area (Å²) < 4.78 is 9.92. The zero-order chi connectivity index (χ0) is 15.4. The predicted octanol–water partition coefficient (Wildman–Crippen LogP) is 1.75. The van der Waals surface area contributed by atoms with Crippen molar-refractivity contribution in [3.63, 3.8) is 0 Å². The van der Waals surface area contributed by atoms with Gasteiger partial charge in [0.1, 0.15) is 5.60 Å². The first kappa shape index (κ1) is 16.8. The van der Waals surface area contributed by atoms with Crippen molar-refractivity contribution in [3.05, 3.63) is 0 Å². The van der Waals surface area contributed by atoms with Crippen molar-refractivity contribution in [2.45, 2.75) is 70.1 Å². The third kappa shape index (κ3) is 5.36. The fourth-order valence-corrected chi connectivity index (χ4v) is 2.52. The van der Waals surface area contributed by atoms with Gasteiger partial charge in [0.15, 0.2) is 0 Å². The third-order valence-electron chi connectivity index (χ3n) is 3.30. The normalized spacial score (nSPS) is 26.8. The summed E-state index contributed by atoms with van der Waals surface area (Å²) in [7, 11) is 1.31. The van der Waals surface area contributed by atoms with Crippen LogP contribution in [0.2, 0.25) is 0 Å². The number of aliphatic hydroxyl groups is 1. The quantitative estimate of drug-likeness (QED) is 0.772.